The van der Waals surface area contributed by atoms with Gasteiger partial charge in [-0.2, -0.15) is 0 Å². The summed E-state index contributed by atoms with van der Waals surface area (Å²) in [6.07, 6.45) is 3.33. The van der Waals surface area contributed by atoms with Gasteiger partial charge in [-0.1, -0.05) is 26.5 Å². The minimum absolute atomic E-state index is 0.0999. The molecule has 0 aliphatic heterocycles. The molecule has 1 N–H and O–H groups in total. The molecule has 0 aliphatic carbocycles. The monoisotopic (exact) mass is 275 g/mol. The van der Waals surface area contributed by atoms with Crippen LogP contribution in [0.5, 0.6) is 0 Å². The fraction of sp³-hybridized carbons (Fsp3) is 0.455. The minimum atomic E-state index is -4.16. The van der Waals surface area contributed by atoms with Crippen molar-refractivity contribution in [3.05, 3.63) is 23.6 Å². The third kappa shape index (κ3) is 4.33. The van der Waals surface area contributed by atoms with Crippen molar-refractivity contribution >= 4 is 21.9 Å². The molecule has 6 nitrogen and oxygen atoms in total. The molecule has 102 valence electrons. The van der Waals surface area contributed by atoms with E-state index in [1.807, 2.05) is 6.92 Å². The first-order chi connectivity index (χ1) is 8.27. The number of sulfonamides is 1. The molecule has 7 heteroatoms. The van der Waals surface area contributed by atoms with Gasteiger partial charge in [-0.15, -0.1) is 0 Å². The Hall–Kier alpha value is -1.63. The summed E-state index contributed by atoms with van der Waals surface area (Å²) in [4.78, 5) is 21.8. The molecule has 0 bridgehead atoms. The van der Waals surface area contributed by atoms with Crippen LogP contribution < -0.4 is 0 Å². The zero-order chi connectivity index (χ0) is 14.3. The Morgan fingerprint density at radius 3 is 2.28 bits per heavy atom. The third-order valence-corrected chi connectivity index (χ3v) is 3.73. The molecular weight excluding hydrogens is 258 g/mol. The summed E-state index contributed by atoms with van der Waals surface area (Å²) in [6, 6.07) is 0. The van der Waals surface area contributed by atoms with Crippen LogP contribution in [0.4, 0.5) is 0 Å². The molecule has 0 aliphatic rings. The predicted molar refractivity (Wildman–Crippen MR) is 67.1 cm³/mol. The first kappa shape index (κ1) is 16.4. The van der Waals surface area contributed by atoms with Crippen molar-refractivity contribution in [2.24, 2.45) is 0 Å². The molecule has 18 heavy (non-hydrogen) atoms. The highest BCUT2D eigenvalue weighted by molar-refractivity contribution is 7.93. The summed E-state index contributed by atoms with van der Waals surface area (Å²) >= 11 is 0. The number of rotatable bonds is 7. The Kier molecular flexibility index (Phi) is 6.32. The Morgan fingerprint density at radius 2 is 1.89 bits per heavy atom. The van der Waals surface area contributed by atoms with E-state index in [1.165, 1.54) is 13.0 Å². The fourth-order valence-corrected chi connectivity index (χ4v) is 2.31. The van der Waals surface area contributed by atoms with Crippen LogP contribution in [0, 0.1) is 0 Å². The fourth-order valence-electron chi connectivity index (χ4n) is 1.08. The van der Waals surface area contributed by atoms with Crippen molar-refractivity contribution in [3.8, 4) is 0 Å². The number of carbonyl (C=O) groups excluding carboxylic acids is 1. The van der Waals surface area contributed by atoms with Gasteiger partial charge in [0, 0.05) is 6.42 Å². The average Bonchev–Trinajstić information content (AvgIpc) is 2.31. The molecule has 0 atom stereocenters. The van der Waals surface area contributed by atoms with E-state index in [1.54, 1.807) is 6.08 Å². The van der Waals surface area contributed by atoms with E-state index >= 15 is 0 Å². The second kappa shape index (κ2) is 6.95. The van der Waals surface area contributed by atoms with Crippen molar-refractivity contribution in [1.82, 2.24) is 4.31 Å². The van der Waals surface area contributed by atoms with Crippen LogP contribution in [0.3, 0.4) is 0 Å². The van der Waals surface area contributed by atoms with E-state index < -0.39 is 28.4 Å². The summed E-state index contributed by atoms with van der Waals surface area (Å²) in [7, 11) is -4.16. The summed E-state index contributed by atoms with van der Waals surface area (Å²) < 4.78 is 24.3. The quantitative estimate of drug-likeness (QED) is 0.703. The van der Waals surface area contributed by atoms with Crippen LogP contribution in [-0.4, -0.2) is 36.3 Å². The number of carboxylic acid groups (broad SMARTS) is 1. The minimum Gasteiger partial charge on any atom is -0.480 e. The van der Waals surface area contributed by atoms with Crippen molar-refractivity contribution in [1.29, 1.82) is 0 Å². The van der Waals surface area contributed by atoms with Gasteiger partial charge < -0.3 is 5.11 Å². The molecule has 0 heterocycles. The molecule has 0 saturated heterocycles. The summed E-state index contributed by atoms with van der Waals surface area (Å²) in [6.45, 7) is 5.72. The molecule has 1 amide bonds. The van der Waals surface area contributed by atoms with Crippen molar-refractivity contribution in [2.75, 3.05) is 6.54 Å². The summed E-state index contributed by atoms with van der Waals surface area (Å²) in [5.74, 6) is -2.17. The molecule has 0 radical (unpaired) electrons. The molecule has 0 aromatic rings. The van der Waals surface area contributed by atoms with Crippen LogP contribution in [0.15, 0.2) is 23.6 Å². The molecular formula is C11H17NO5S. The second-order valence-corrected chi connectivity index (χ2v) is 5.34. The van der Waals surface area contributed by atoms with Gasteiger partial charge in [0.1, 0.15) is 6.54 Å². The Balaban J connectivity index is 5.33. The summed E-state index contributed by atoms with van der Waals surface area (Å²) in [5.41, 5.74) is 0. The number of amides is 1. The Bertz CT molecular complexity index is 464. The first-order valence-electron chi connectivity index (χ1n) is 5.40. The van der Waals surface area contributed by atoms with Crippen molar-refractivity contribution in [3.63, 3.8) is 0 Å². The van der Waals surface area contributed by atoms with E-state index in [2.05, 4.69) is 6.58 Å². The van der Waals surface area contributed by atoms with Gasteiger partial charge in [-0.3, -0.25) is 9.59 Å². The molecule has 0 spiro atoms. The van der Waals surface area contributed by atoms with E-state index in [9.17, 15) is 18.0 Å². The Morgan fingerprint density at radius 1 is 1.33 bits per heavy atom. The maximum Gasteiger partial charge on any atom is 0.324 e. The number of carbonyl (C=O) groups is 2. The van der Waals surface area contributed by atoms with E-state index in [-0.39, 0.29) is 11.3 Å². The molecule has 0 fully saturated rings. The van der Waals surface area contributed by atoms with Crippen LogP contribution in [0.2, 0.25) is 0 Å². The van der Waals surface area contributed by atoms with Crippen LogP contribution in [0.1, 0.15) is 26.7 Å². The smallest absolute Gasteiger partial charge is 0.324 e. The lowest BCUT2D eigenvalue weighted by Gasteiger charge is -2.20. The van der Waals surface area contributed by atoms with Crippen molar-refractivity contribution < 1.29 is 23.1 Å². The topological polar surface area (TPSA) is 91.8 Å². The summed E-state index contributed by atoms with van der Waals surface area (Å²) in [5, 5.41) is 8.64. The predicted octanol–water partition coefficient (Wildman–Crippen LogP) is 1.12. The SMILES string of the molecule is C=C(C=CCC)S(=O)(=O)N(CC(=O)O)C(=O)CC. The highest BCUT2D eigenvalue weighted by Gasteiger charge is 2.29. The zero-order valence-electron chi connectivity index (χ0n) is 10.4. The standard InChI is InChI=1S/C11H17NO5S/c1-4-6-7-9(3)18(16,17)12(8-11(14)15)10(13)5-2/h6-7H,3-5,8H2,1-2H3,(H,14,15). The van der Waals surface area contributed by atoms with E-state index in [0.29, 0.717) is 10.7 Å². The molecule has 0 unspecified atom stereocenters. The maximum atomic E-state index is 12.0. The van der Waals surface area contributed by atoms with Gasteiger partial charge in [-0.05, 0) is 12.5 Å². The second-order valence-electron chi connectivity index (χ2n) is 3.43. The van der Waals surface area contributed by atoms with Gasteiger partial charge in [0.25, 0.3) is 10.0 Å². The van der Waals surface area contributed by atoms with Crippen LogP contribution in [-0.2, 0) is 19.6 Å². The molecule has 0 saturated carbocycles. The van der Waals surface area contributed by atoms with E-state index in [0.717, 1.165) is 0 Å². The number of hydrogen-bond donors (Lipinski definition) is 1. The number of carboxylic acids is 1. The average molecular weight is 275 g/mol. The van der Waals surface area contributed by atoms with Crippen LogP contribution >= 0.6 is 0 Å². The number of hydrogen-bond acceptors (Lipinski definition) is 4. The first-order valence-corrected chi connectivity index (χ1v) is 6.84. The molecule has 0 aromatic carbocycles. The maximum absolute atomic E-state index is 12.0. The largest absolute Gasteiger partial charge is 0.480 e. The van der Waals surface area contributed by atoms with Gasteiger partial charge >= 0.3 is 5.97 Å². The van der Waals surface area contributed by atoms with Gasteiger partial charge in [0.2, 0.25) is 5.91 Å². The lowest BCUT2D eigenvalue weighted by Crippen LogP contribution is -2.40. The Labute approximate surface area is 107 Å². The number of allylic oxidation sites excluding steroid dienone is 2. The van der Waals surface area contributed by atoms with Crippen molar-refractivity contribution in [2.45, 2.75) is 26.7 Å². The van der Waals surface area contributed by atoms with Crippen LogP contribution in [0.25, 0.3) is 0 Å². The van der Waals surface area contributed by atoms with Gasteiger partial charge in [-0.25, -0.2) is 12.7 Å². The lowest BCUT2D eigenvalue weighted by atomic mass is 10.4. The van der Waals surface area contributed by atoms with Gasteiger partial charge in [0.15, 0.2) is 0 Å². The normalized spacial score (nSPS) is 11.4. The molecule has 0 aromatic heterocycles. The highest BCUT2D eigenvalue weighted by atomic mass is 32.2. The highest BCUT2D eigenvalue weighted by Crippen LogP contribution is 2.14. The third-order valence-electron chi connectivity index (χ3n) is 2.02. The number of aliphatic carboxylic acids is 1. The lowest BCUT2D eigenvalue weighted by molar-refractivity contribution is -0.141. The number of nitrogens with zero attached hydrogens (tertiary/aromatic N) is 1. The van der Waals surface area contributed by atoms with Gasteiger partial charge in [0.05, 0.1) is 4.91 Å². The van der Waals surface area contributed by atoms with E-state index in [4.69, 9.17) is 5.11 Å². The molecule has 0 rings (SSSR count). The zero-order valence-corrected chi connectivity index (χ0v) is 11.2.